The molecule has 46 heavy (non-hydrogen) atoms. The minimum absolute atomic E-state index is 0.0369. The largest absolute Gasteiger partial charge is 0.480 e. The van der Waals surface area contributed by atoms with Gasteiger partial charge in [0.05, 0.1) is 12.6 Å². The minimum atomic E-state index is -4.45. The van der Waals surface area contributed by atoms with E-state index < -0.39 is 26.6 Å². The number of anilines is 2. The molecule has 3 N–H and O–H groups in total. The molecule has 1 amide bonds. The Balaban J connectivity index is 1.33. The van der Waals surface area contributed by atoms with E-state index >= 15 is 0 Å². The molecule has 0 aliphatic carbocycles. The first-order valence-corrected chi connectivity index (χ1v) is 15.8. The number of rotatable bonds is 7. The third kappa shape index (κ3) is 6.19. The Morgan fingerprint density at radius 2 is 1.72 bits per heavy atom. The second kappa shape index (κ2) is 12.3. The number of likely N-dealkylation sites (N-methyl/N-ethyl adjacent to an activating group) is 1. The Labute approximate surface area is 264 Å². The van der Waals surface area contributed by atoms with Crippen LogP contribution in [0, 0.1) is 11.6 Å². The van der Waals surface area contributed by atoms with E-state index in [1.165, 1.54) is 19.4 Å². The molecule has 0 saturated carbocycles. The average Bonchev–Trinajstić information content (AvgIpc) is 3.04. The van der Waals surface area contributed by atoms with Crippen molar-refractivity contribution in [1.82, 2.24) is 19.8 Å². The van der Waals surface area contributed by atoms with Crippen molar-refractivity contribution in [1.29, 1.82) is 0 Å². The molecule has 0 atom stereocenters. The predicted molar refractivity (Wildman–Crippen MR) is 172 cm³/mol. The number of hydrogen-bond acceptors (Lipinski definition) is 8. The molecule has 3 aromatic carbocycles. The van der Waals surface area contributed by atoms with Gasteiger partial charge < -0.3 is 20.3 Å². The van der Waals surface area contributed by atoms with Crippen LogP contribution in [0.15, 0.2) is 83.9 Å². The van der Waals surface area contributed by atoms with Crippen LogP contribution in [0.1, 0.15) is 10.4 Å². The minimum Gasteiger partial charge on any atom is -0.480 e. The highest BCUT2D eigenvalue weighted by atomic mass is 32.2. The van der Waals surface area contributed by atoms with Gasteiger partial charge in [-0.05, 0) is 66.7 Å². The monoisotopic (exact) mass is 644 g/mol. The first kappa shape index (κ1) is 30.9. The molecule has 10 nitrogen and oxygen atoms in total. The van der Waals surface area contributed by atoms with Gasteiger partial charge >= 0.3 is 0 Å². The fourth-order valence-electron chi connectivity index (χ4n) is 5.35. The molecule has 1 fully saturated rings. The number of piperazine rings is 1. The number of nitrogens with one attached hydrogen (secondary N) is 1. The van der Waals surface area contributed by atoms with Crippen molar-refractivity contribution in [3.8, 4) is 28.1 Å². The molecule has 13 heteroatoms. The maximum absolute atomic E-state index is 14.3. The highest BCUT2D eigenvalue weighted by molar-refractivity contribution is 7.92. The third-order valence-electron chi connectivity index (χ3n) is 7.86. The summed E-state index contributed by atoms with van der Waals surface area (Å²) in [5.41, 5.74) is 10.1. The lowest BCUT2D eigenvalue weighted by atomic mass is 9.99. The van der Waals surface area contributed by atoms with Crippen LogP contribution in [-0.4, -0.2) is 74.4 Å². The van der Waals surface area contributed by atoms with Crippen molar-refractivity contribution < 1.29 is 26.7 Å². The van der Waals surface area contributed by atoms with Gasteiger partial charge in [0, 0.05) is 60.5 Å². The number of fused-ring (bicyclic) bond motifs is 1. The normalized spacial score (nSPS) is 14.0. The highest BCUT2D eigenvalue weighted by Crippen LogP contribution is 2.34. The van der Waals surface area contributed by atoms with Crippen LogP contribution in [0.3, 0.4) is 0 Å². The molecule has 1 aliphatic heterocycles. The summed E-state index contributed by atoms with van der Waals surface area (Å²) in [5, 5.41) is 0.740. The maximum Gasteiger partial charge on any atom is 0.264 e. The number of nitrogens with two attached hydrogens (primary N) is 1. The van der Waals surface area contributed by atoms with Crippen LogP contribution < -0.4 is 15.2 Å². The van der Waals surface area contributed by atoms with Crippen molar-refractivity contribution in [2.45, 2.75) is 4.90 Å². The standard InChI is InChI=1S/C33H30F2N6O4S/c1-40-10-12-41(13-11-40)33(42)22-5-3-4-21(15-22)26-16-23-14-20(6-8-28(23)38-31(26)36)24-17-29(32(45-2)37-19-24)39-46(43,44)30-9-7-25(34)18-27(30)35/h3-9,14-19,39H,10-13H2,1-2H3,(H2,36,38). The number of hydrogen-bond donors (Lipinski definition) is 2. The van der Waals surface area contributed by atoms with E-state index in [1.54, 1.807) is 18.2 Å². The summed E-state index contributed by atoms with van der Waals surface area (Å²) in [7, 11) is -1.10. The third-order valence-corrected chi connectivity index (χ3v) is 9.26. The number of aromatic nitrogens is 2. The number of amides is 1. The molecule has 2 aromatic heterocycles. The number of halogens is 2. The molecule has 1 aliphatic rings. The van der Waals surface area contributed by atoms with E-state index in [2.05, 4.69) is 19.6 Å². The Hall–Kier alpha value is -5.14. The van der Waals surface area contributed by atoms with E-state index in [0.29, 0.717) is 52.7 Å². The number of carbonyl (C=O) groups excluding carboxylic acids is 1. The summed E-state index contributed by atoms with van der Waals surface area (Å²) in [6.45, 7) is 2.96. The maximum atomic E-state index is 14.3. The lowest BCUT2D eigenvalue weighted by molar-refractivity contribution is 0.0664. The van der Waals surface area contributed by atoms with Gasteiger partial charge in [-0.3, -0.25) is 9.52 Å². The number of carbonyl (C=O) groups is 1. The summed E-state index contributed by atoms with van der Waals surface area (Å²) in [6, 6.07) is 18.3. The van der Waals surface area contributed by atoms with Gasteiger partial charge in [-0.15, -0.1) is 0 Å². The predicted octanol–water partition coefficient (Wildman–Crippen LogP) is 5.02. The molecule has 0 unspecified atom stereocenters. The molecule has 0 radical (unpaired) electrons. The number of nitrogen functional groups attached to an aromatic ring is 1. The molecule has 236 valence electrons. The van der Waals surface area contributed by atoms with Crippen LogP contribution in [0.2, 0.25) is 0 Å². The van der Waals surface area contributed by atoms with Crippen LogP contribution in [-0.2, 0) is 10.0 Å². The van der Waals surface area contributed by atoms with Crippen molar-refractivity contribution in [2.75, 3.05) is 50.8 Å². The van der Waals surface area contributed by atoms with Gasteiger partial charge in [0.15, 0.2) is 0 Å². The number of nitrogens with zero attached hydrogens (tertiary/aromatic N) is 4. The van der Waals surface area contributed by atoms with Gasteiger partial charge in [-0.25, -0.2) is 27.2 Å². The van der Waals surface area contributed by atoms with E-state index in [0.717, 1.165) is 36.2 Å². The van der Waals surface area contributed by atoms with Gasteiger partial charge in [0.25, 0.3) is 15.9 Å². The average molecular weight is 645 g/mol. The molecule has 6 rings (SSSR count). The summed E-state index contributed by atoms with van der Waals surface area (Å²) in [5.74, 6) is -1.91. The number of methoxy groups -OCH3 is 1. The van der Waals surface area contributed by atoms with Crippen LogP contribution in [0.4, 0.5) is 20.3 Å². The Morgan fingerprint density at radius 1 is 0.935 bits per heavy atom. The zero-order valence-corrected chi connectivity index (χ0v) is 25.8. The molecule has 1 saturated heterocycles. The quantitative estimate of drug-likeness (QED) is 0.253. The van der Waals surface area contributed by atoms with Crippen LogP contribution in [0.25, 0.3) is 33.2 Å². The van der Waals surface area contributed by atoms with Gasteiger partial charge in [-0.2, -0.15) is 0 Å². The molecular formula is C33H30F2N6O4S. The summed E-state index contributed by atoms with van der Waals surface area (Å²) in [4.78, 5) is 25.4. The summed E-state index contributed by atoms with van der Waals surface area (Å²) in [6.07, 6.45) is 1.51. The van der Waals surface area contributed by atoms with Gasteiger partial charge in [-0.1, -0.05) is 18.2 Å². The zero-order valence-electron chi connectivity index (χ0n) is 25.0. The molecule has 3 heterocycles. The number of pyridine rings is 2. The smallest absolute Gasteiger partial charge is 0.264 e. The van der Waals surface area contributed by atoms with Crippen LogP contribution >= 0.6 is 0 Å². The van der Waals surface area contributed by atoms with Gasteiger partial charge in [0.2, 0.25) is 5.88 Å². The van der Waals surface area contributed by atoms with Crippen molar-refractivity contribution >= 4 is 38.3 Å². The lowest BCUT2D eigenvalue weighted by Crippen LogP contribution is -2.47. The van der Waals surface area contributed by atoms with Crippen molar-refractivity contribution in [2.24, 2.45) is 0 Å². The zero-order chi connectivity index (χ0) is 32.6. The fraction of sp³-hybridized carbons (Fsp3) is 0.182. The fourth-order valence-corrected chi connectivity index (χ4v) is 6.46. The second-order valence-corrected chi connectivity index (χ2v) is 12.6. The molecular weight excluding hydrogens is 614 g/mol. The second-order valence-electron chi connectivity index (χ2n) is 11.0. The summed E-state index contributed by atoms with van der Waals surface area (Å²) < 4.78 is 61.3. The number of benzene rings is 3. The van der Waals surface area contributed by atoms with Gasteiger partial charge in [0.1, 0.15) is 28.0 Å². The van der Waals surface area contributed by atoms with Crippen molar-refractivity contribution in [3.05, 3.63) is 96.2 Å². The molecule has 0 bridgehead atoms. The van der Waals surface area contributed by atoms with E-state index in [9.17, 15) is 22.0 Å². The SMILES string of the molecule is COc1ncc(-c2ccc3nc(N)c(-c4cccc(C(=O)N5CCN(C)CC5)c4)cc3c2)cc1NS(=O)(=O)c1ccc(F)cc1F. The van der Waals surface area contributed by atoms with Crippen LogP contribution in [0.5, 0.6) is 5.88 Å². The van der Waals surface area contributed by atoms with E-state index in [4.69, 9.17) is 10.5 Å². The van der Waals surface area contributed by atoms with Crippen molar-refractivity contribution in [3.63, 3.8) is 0 Å². The molecule has 0 spiro atoms. The molecule has 5 aromatic rings. The first-order chi connectivity index (χ1) is 22.0. The Bertz CT molecular complexity index is 2090. The first-order valence-electron chi connectivity index (χ1n) is 14.3. The number of ether oxygens (including phenoxy) is 1. The van der Waals surface area contributed by atoms with E-state index in [-0.39, 0.29) is 17.5 Å². The van der Waals surface area contributed by atoms with E-state index in [1.807, 2.05) is 42.3 Å². The highest BCUT2D eigenvalue weighted by Gasteiger charge is 2.23. The summed E-state index contributed by atoms with van der Waals surface area (Å²) >= 11 is 0. The Kier molecular flexibility index (Phi) is 8.28. The Morgan fingerprint density at radius 3 is 2.46 bits per heavy atom. The number of sulfonamides is 1. The lowest BCUT2D eigenvalue weighted by Gasteiger charge is -2.32. The topological polar surface area (TPSA) is 131 Å².